The van der Waals surface area contributed by atoms with E-state index in [0.717, 1.165) is 0 Å². The lowest BCUT2D eigenvalue weighted by Crippen LogP contribution is -2.27. The first kappa shape index (κ1) is 15.8. The van der Waals surface area contributed by atoms with Gasteiger partial charge in [-0.1, -0.05) is 32.4 Å². The van der Waals surface area contributed by atoms with Crippen LogP contribution in [0.25, 0.3) is 0 Å². The number of carbonyl (C=O) groups excluding carboxylic acids is 1. The van der Waals surface area contributed by atoms with Gasteiger partial charge in [-0.3, -0.25) is 4.79 Å². The smallest absolute Gasteiger partial charge is 0.323 e. The molecule has 0 aliphatic carbocycles. The van der Waals surface area contributed by atoms with Crippen LogP contribution >= 0.6 is 11.6 Å². The maximum atomic E-state index is 12.2. The van der Waals surface area contributed by atoms with Gasteiger partial charge in [-0.05, 0) is 12.1 Å². The number of nitrogens with zero attached hydrogens (tertiary/aromatic N) is 1. The van der Waals surface area contributed by atoms with Gasteiger partial charge in [-0.15, -0.1) is 0 Å². The summed E-state index contributed by atoms with van der Waals surface area (Å²) in [6.07, 6.45) is -5.49. The van der Waals surface area contributed by atoms with Gasteiger partial charge in [0.15, 0.2) is 5.15 Å². The van der Waals surface area contributed by atoms with E-state index < -0.39 is 18.0 Å². The Morgan fingerprint density at radius 2 is 1.89 bits per heavy atom. The molecule has 0 fully saturated rings. The molecule has 0 aliphatic heterocycles. The van der Waals surface area contributed by atoms with E-state index in [4.69, 9.17) is 11.6 Å². The lowest BCUT2D eigenvalue weighted by molar-refractivity contribution is -0.128. The summed E-state index contributed by atoms with van der Waals surface area (Å²) >= 11 is 5.76. The first-order chi connectivity index (χ1) is 8.49. The molecule has 0 aliphatic rings. The van der Waals surface area contributed by atoms with Crippen LogP contribution in [0.3, 0.4) is 0 Å². The minimum absolute atomic E-state index is 0.153. The van der Waals surface area contributed by atoms with Crippen molar-refractivity contribution in [3.8, 4) is 0 Å². The third kappa shape index (κ3) is 5.06. The quantitative estimate of drug-likeness (QED) is 0.842. The van der Waals surface area contributed by atoms with Crippen molar-refractivity contribution in [2.24, 2.45) is 5.41 Å². The topological polar surface area (TPSA) is 42.0 Å². The zero-order valence-corrected chi connectivity index (χ0v) is 11.5. The van der Waals surface area contributed by atoms with Gasteiger partial charge in [0.05, 0.1) is 17.8 Å². The number of amides is 1. The van der Waals surface area contributed by atoms with Crippen molar-refractivity contribution in [2.45, 2.75) is 33.4 Å². The maximum Gasteiger partial charge on any atom is 0.394 e. The Bertz CT molecular complexity index is 481. The standard InChI is InChI=1S/C12H14ClF3N2O/c1-11(2,3)10(19)18-8-5-4-7(17-9(8)13)6-12(14,15)16/h4-5H,6H2,1-3H3,(H,18,19). The summed E-state index contributed by atoms with van der Waals surface area (Å²) in [5, 5.41) is 2.37. The van der Waals surface area contributed by atoms with Gasteiger partial charge >= 0.3 is 6.18 Å². The second-order valence-corrected chi connectivity index (χ2v) is 5.50. The third-order valence-electron chi connectivity index (χ3n) is 2.22. The van der Waals surface area contributed by atoms with E-state index in [1.54, 1.807) is 20.8 Å². The molecule has 0 atom stereocenters. The summed E-state index contributed by atoms with van der Waals surface area (Å²) in [6, 6.07) is 2.51. The molecule has 0 radical (unpaired) electrons. The number of hydrogen-bond donors (Lipinski definition) is 1. The number of carbonyl (C=O) groups is 1. The highest BCUT2D eigenvalue weighted by Crippen LogP contribution is 2.26. The van der Waals surface area contributed by atoms with Crippen LogP contribution in [0.5, 0.6) is 0 Å². The van der Waals surface area contributed by atoms with E-state index in [9.17, 15) is 18.0 Å². The Labute approximate surface area is 114 Å². The second-order valence-electron chi connectivity index (χ2n) is 5.14. The van der Waals surface area contributed by atoms with Gasteiger partial charge in [0, 0.05) is 5.41 Å². The highest BCUT2D eigenvalue weighted by atomic mass is 35.5. The summed E-state index contributed by atoms with van der Waals surface area (Å²) in [5.41, 5.74) is -0.618. The SMILES string of the molecule is CC(C)(C)C(=O)Nc1ccc(CC(F)(F)F)nc1Cl. The number of aromatic nitrogens is 1. The van der Waals surface area contributed by atoms with Crippen LogP contribution in [0.2, 0.25) is 5.15 Å². The molecule has 19 heavy (non-hydrogen) atoms. The Balaban J connectivity index is 2.87. The Morgan fingerprint density at radius 1 is 1.32 bits per heavy atom. The Kier molecular flexibility index (Phi) is 4.45. The monoisotopic (exact) mass is 294 g/mol. The molecule has 1 aromatic heterocycles. The third-order valence-corrected chi connectivity index (χ3v) is 2.51. The van der Waals surface area contributed by atoms with Gasteiger partial charge in [-0.2, -0.15) is 13.2 Å². The van der Waals surface area contributed by atoms with Crippen molar-refractivity contribution in [3.05, 3.63) is 23.0 Å². The molecular formula is C12H14ClF3N2O. The lowest BCUT2D eigenvalue weighted by atomic mass is 9.95. The summed E-state index contributed by atoms with van der Waals surface area (Å²) in [6.45, 7) is 5.13. The van der Waals surface area contributed by atoms with Gasteiger partial charge in [0.25, 0.3) is 0 Å². The van der Waals surface area contributed by atoms with Crippen LogP contribution in [0, 0.1) is 5.41 Å². The number of pyridine rings is 1. The predicted octanol–water partition coefficient (Wildman–Crippen LogP) is 3.82. The normalized spacial score (nSPS) is 12.4. The number of rotatable bonds is 2. The van der Waals surface area contributed by atoms with E-state index in [0.29, 0.717) is 0 Å². The van der Waals surface area contributed by atoms with Crippen molar-refractivity contribution in [1.29, 1.82) is 0 Å². The molecule has 3 nitrogen and oxygen atoms in total. The van der Waals surface area contributed by atoms with Crippen molar-refractivity contribution >= 4 is 23.2 Å². The molecule has 0 unspecified atom stereocenters. The van der Waals surface area contributed by atoms with Crippen molar-refractivity contribution in [2.75, 3.05) is 5.32 Å². The number of nitrogens with one attached hydrogen (secondary N) is 1. The molecule has 1 N–H and O–H groups in total. The minimum atomic E-state index is -4.34. The highest BCUT2D eigenvalue weighted by molar-refractivity contribution is 6.32. The number of anilines is 1. The van der Waals surface area contributed by atoms with E-state index >= 15 is 0 Å². The summed E-state index contributed by atoms with van der Waals surface area (Å²) in [5.74, 6) is -0.292. The zero-order chi connectivity index (χ0) is 14.8. The highest BCUT2D eigenvalue weighted by Gasteiger charge is 2.29. The average Bonchev–Trinajstić information content (AvgIpc) is 2.18. The van der Waals surface area contributed by atoms with Gasteiger partial charge in [0.2, 0.25) is 5.91 Å². The predicted molar refractivity (Wildman–Crippen MR) is 67.1 cm³/mol. The summed E-state index contributed by atoms with van der Waals surface area (Å²) in [7, 11) is 0. The van der Waals surface area contributed by atoms with E-state index in [-0.39, 0.29) is 22.4 Å². The molecule has 7 heteroatoms. The van der Waals surface area contributed by atoms with Gasteiger partial charge in [-0.25, -0.2) is 4.98 Å². The Morgan fingerprint density at radius 3 is 2.32 bits per heavy atom. The first-order valence-electron chi connectivity index (χ1n) is 5.53. The van der Waals surface area contributed by atoms with Gasteiger partial charge < -0.3 is 5.32 Å². The molecule has 0 bridgehead atoms. The summed E-state index contributed by atoms with van der Waals surface area (Å²) < 4.78 is 36.6. The first-order valence-corrected chi connectivity index (χ1v) is 5.90. The lowest BCUT2D eigenvalue weighted by Gasteiger charge is -2.18. The number of alkyl halides is 3. The summed E-state index contributed by atoms with van der Waals surface area (Å²) in [4.78, 5) is 15.3. The zero-order valence-electron chi connectivity index (χ0n) is 10.7. The van der Waals surface area contributed by atoms with Gasteiger partial charge in [0.1, 0.15) is 0 Å². The number of halogens is 4. The fourth-order valence-electron chi connectivity index (χ4n) is 1.18. The van der Waals surface area contributed by atoms with E-state index in [1.807, 2.05) is 0 Å². The van der Waals surface area contributed by atoms with Crippen molar-refractivity contribution < 1.29 is 18.0 Å². The largest absolute Gasteiger partial charge is 0.394 e. The van der Waals surface area contributed by atoms with E-state index in [1.165, 1.54) is 12.1 Å². The fraction of sp³-hybridized carbons (Fsp3) is 0.500. The molecule has 1 heterocycles. The molecule has 0 saturated carbocycles. The fourth-order valence-corrected chi connectivity index (χ4v) is 1.40. The average molecular weight is 295 g/mol. The van der Waals surface area contributed by atoms with Crippen LogP contribution in [-0.2, 0) is 11.2 Å². The molecule has 0 spiro atoms. The molecule has 0 aromatic carbocycles. The van der Waals surface area contributed by atoms with Crippen molar-refractivity contribution in [3.63, 3.8) is 0 Å². The Hall–Kier alpha value is -1.30. The van der Waals surface area contributed by atoms with Crippen LogP contribution < -0.4 is 5.32 Å². The maximum absolute atomic E-state index is 12.2. The van der Waals surface area contributed by atoms with Crippen LogP contribution in [-0.4, -0.2) is 17.1 Å². The molecule has 106 valence electrons. The van der Waals surface area contributed by atoms with E-state index in [2.05, 4.69) is 10.3 Å². The number of hydrogen-bond acceptors (Lipinski definition) is 2. The molecule has 0 saturated heterocycles. The minimum Gasteiger partial charge on any atom is -0.323 e. The molecule has 1 rings (SSSR count). The van der Waals surface area contributed by atoms with Crippen LogP contribution in [0.1, 0.15) is 26.5 Å². The van der Waals surface area contributed by atoms with Crippen LogP contribution in [0.15, 0.2) is 12.1 Å². The molecular weight excluding hydrogens is 281 g/mol. The molecule has 1 aromatic rings. The molecule has 1 amide bonds. The van der Waals surface area contributed by atoms with Crippen molar-refractivity contribution in [1.82, 2.24) is 4.98 Å². The second kappa shape index (κ2) is 5.36. The van der Waals surface area contributed by atoms with Crippen LogP contribution in [0.4, 0.5) is 18.9 Å².